The highest BCUT2D eigenvalue weighted by Crippen LogP contribution is 2.46. The number of hydrogen-bond acceptors (Lipinski definition) is 7. The summed E-state index contributed by atoms with van der Waals surface area (Å²) in [4.78, 5) is 20.5. The number of ether oxygens (including phenoxy) is 2. The Balaban J connectivity index is 1.24. The van der Waals surface area contributed by atoms with Crippen molar-refractivity contribution in [2.75, 3.05) is 20.8 Å². The summed E-state index contributed by atoms with van der Waals surface area (Å²) < 4.78 is 54.4. The van der Waals surface area contributed by atoms with Crippen LogP contribution in [0.4, 0.5) is 13.2 Å². The number of aliphatic hydroxyl groups is 1. The fourth-order valence-electron chi connectivity index (χ4n) is 7.87. The zero-order valence-electron chi connectivity index (χ0n) is 30.3. The van der Waals surface area contributed by atoms with E-state index in [9.17, 15) is 28.2 Å². The Kier molecular flexibility index (Phi) is 11.4. The highest BCUT2D eigenvalue weighted by Gasteiger charge is 2.38. The van der Waals surface area contributed by atoms with Crippen LogP contribution in [0.3, 0.4) is 0 Å². The summed E-state index contributed by atoms with van der Waals surface area (Å²) in [5.41, 5.74) is 4.77. The maximum Gasteiger partial charge on any atom is 0.418 e. The van der Waals surface area contributed by atoms with Gasteiger partial charge in [0.1, 0.15) is 0 Å². The fourth-order valence-corrected chi connectivity index (χ4v) is 8.20. The van der Waals surface area contributed by atoms with E-state index in [0.29, 0.717) is 41.9 Å². The summed E-state index contributed by atoms with van der Waals surface area (Å²) in [5, 5.41) is 23.2. The second-order valence-corrected chi connectivity index (χ2v) is 15.1. The summed E-state index contributed by atoms with van der Waals surface area (Å²) in [6.45, 7) is 4.75. The topological polar surface area (TPSA) is 114 Å². The van der Waals surface area contributed by atoms with E-state index in [-0.39, 0.29) is 42.3 Å². The van der Waals surface area contributed by atoms with Crippen LogP contribution in [-0.4, -0.2) is 52.5 Å². The molecule has 2 atom stereocenters. The monoisotopic (exact) mass is 751 g/mol. The molecule has 0 aliphatic heterocycles. The Morgan fingerprint density at radius 3 is 2.38 bits per heavy atom. The van der Waals surface area contributed by atoms with Crippen molar-refractivity contribution in [3.63, 3.8) is 0 Å². The van der Waals surface area contributed by atoms with Crippen LogP contribution in [-0.2, 0) is 36.8 Å². The lowest BCUT2D eigenvalue weighted by atomic mass is 9.72. The molecule has 0 spiro atoms. The Morgan fingerprint density at radius 1 is 1.02 bits per heavy atom. The predicted molar refractivity (Wildman–Crippen MR) is 197 cm³/mol. The van der Waals surface area contributed by atoms with Crippen LogP contribution in [0.1, 0.15) is 79.0 Å². The van der Waals surface area contributed by atoms with E-state index in [1.165, 1.54) is 14.0 Å². The van der Waals surface area contributed by atoms with Crippen molar-refractivity contribution in [3.8, 4) is 34.1 Å². The molecule has 0 radical (unpaired) electrons. The number of hydrogen-bond donors (Lipinski definition) is 3. The Morgan fingerprint density at radius 2 is 1.70 bits per heavy atom. The molecular weight excluding hydrogens is 707 g/mol. The van der Waals surface area contributed by atoms with Gasteiger partial charge in [-0.05, 0) is 99.1 Å². The molecule has 1 saturated carbocycles. The highest BCUT2D eigenvalue weighted by atomic mass is 35.5. The van der Waals surface area contributed by atoms with Crippen LogP contribution < -0.4 is 14.8 Å². The van der Waals surface area contributed by atoms with Gasteiger partial charge in [0, 0.05) is 28.8 Å². The van der Waals surface area contributed by atoms with Crippen molar-refractivity contribution in [3.05, 3.63) is 93.1 Å². The van der Waals surface area contributed by atoms with Gasteiger partial charge in [-0.3, -0.25) is 4.79 Å². The average Bonchev–Trinajstić information content (AvgIpc) is 3.52. The van der Waals surface area contributed by atoms with E-state index in [0.717, 1.165) is 58.8 Å². The number of aliphatic carboxylic acids is 1. The molecule has 2 aliphatic rings. The summed E-state index contributed by atoms with van der Waals surface area (Å²) in [6, 6.07) is 16.6. The number of pyridine rings is 2. The predicted octanol–water partition coefficient (Wildman–Crippen LogP) is 8.68. The molecule has 4 aromatic rings. The van der Waals surface area contributed by atoms with Crippen LogP contribution in [0.25, 0.3) is 22.4 Å². The average molecular weight is 752 g/mol. The Labute approximate surface area is 312 Å². The third-order valence-electron chi connectivity index (χ3n) is 10.6. The maximum atomic E-state index is 14.4. The molecule has 0 bridgehead atoms. The van der Waals surface area contributed by atoms with Gasteiger partial charge in [0.15, 0.2) is 0 Å². The molecular formula is C41H45ClF3N3O5. The molecule has 53 heavy (non-hydrogen) atoms. The summed E-state index contributed by atoms with van der Waals surface area (Å²) in [5.74, 6) is -0.930. The number of methoxy groups -OCH3 is 2. The minimum atomic E-state index is -4.65. The number of nitrogens with zero attached hydrogens (tertiary/aromatic N) is 2. The zero-order chi connectivity index (χ0) is 38.1. The highest BCUT2D eigenvalue weighted by molar-refractivity contribution is 6.36. The number of halogens is 4. The number of aryl methyl sites for hydroxylation is 1. The van der Waals surface area contributed by atoms with E-state index in [1.807, 2.05) is 55.5 Å². The fraction of sp³-hybridized carbons (Fsp3) is 0.439. The first-order valence-corrected chi connectivity index (χ1v) is 18.3. The van der Waals surface area contributed by atoms with E-state index in [4.69, 9.17) is 26.1 Å². The molecule has 12 heteroatoms. The molecule has 3 N–H and O–H groups in total. The van der Waals surface area contributed by atoms with E-state index < -0.39 is 29.2 Å². The van der Waals surface area contributed by atoms with Gasteiger partial charge in [0.05, 0.1) is 47.7 Å². The largest absolute Gasteiger partial charge is 0.481 e. The van der Waals surface area contributed by atoms with Crippen LogP contribution in [0, 0.1) is 11.8 Å². The molecule has 6 rings (SSSR count). The van der Waals surface area contributed by atoms with Gasteiger partial charge in [-0.2, -0.15) is 13.2 Å². The first kappa shape index (κ1) is 38.5. The lowest BCUT2D eigenvalue weighted by Gasteiger charge is -2.41. The van der Waals surface area contributed by atoms with Gasteiger partial charge >= 0.3 is 12.1 Å². The molecule has 0 amide bonds. The van der Waals surface area contributed by atoms with E-state index >= 15 is 0 Å². The van der Waals surface area contributed by atoms with Crippen LogP contribution in [0.15, 0.2) is 54.6 Å². The lowest BCUT2D eigenvalue weighted by Crippen LogP contribution is -2.44. The lowest BCUT2D eigenvalue weighted by molar-refractivity contribution is -0.141. The molecule has 2 aromatic heterocycles. The smallest absolute Gasteiger partial charge is 0.418 e. The van der Waals surface area contributed by atoms with Crippen LogP contribution in [0.2, 0.25) is 5.02 Å². The number of nitrogens with one attached hydrogen (secondary N) is 1. The van der Waals surface area contributed by atoms with E-state index in [1.54, 1.807) is 7.11 Å². The first-order chi connectivity index (χ1) is 25.2. The minimum absolute atomic E-state index is 0.0631. The van der Waals surface area contributed by atoms with Crippen molar-refractivity contribution in [2.45, 2.75) is 83.0 Å². The molecule has 0 unspecified atom stereocenters. The molecule has 2 aromatic carbocycles. The summed E-state index contributed by atoms with van der Waals surface area (Å²) in [6.07, 6.45) is -1.47. The van der Waals surface area contributed by atoms with Gasteiger partial charge in [-0.1, -0.05) is 61.0 Å². The number of rotatable bonds is 14. The third kappa shape index (κ3) is 8.47. The van der Waals surface area contributed by atoms with Gasteiger partial charge in [-0.15, -0.1) is 0 Å². The quantitative estimate of drug-likeness (QED) is 0.117. The third-order valence-corrected chi connectivity index (χ3v) is 11.1. The molecule has 1 fully saturated rings. The second-order valence-electron chi connectivity index (χ2n) is 14.7. The van der Waals surface area contributed by atoms with Crippen molar-refractivity contribution in [1.29, 1.82) is 0 Å². The van der Waals surface area contributed by atoms with Gasteiger partial charge in [-0.25, -0.2) is 9.97 Å². The standard InChI is InChI=1S/C41H45ClF3N3O5/c1-23(39(49)50)11-12-26-17-33(41(43,44)45)35(48-37(26)52-3)18-25-13-15-30-28(25)7-5-8-29(30)31-9-6-10-32(36(31)42)34-16-14-27(38(47-34)53-4)22-46-21-24-19-40(2,51)20-24/h5-10,14,16-17,23-25,46,51H,11-13,15,18-22H2,1-4H3,(H,49,50)/t23-,24?,25-,40?/m1/s1. The summed E-state index contributed by atoms with van der Waals surface area (Å²) in [7, 11) is 2.95. The normalized spacial score (nSPS) is 20.1. The molecule has 2 aliphatic carbocycles. The number of carboxylic acid groups (broad SMARTS) is 1. The number of carboxylic acids is 1. The van der Waals surface area contributed by atoms with Gasteiger partial charge < -0.3 is 25.0 Å². The summed E-state index contributed by atoms with van der Waals surface area (Å²) >= 11 is 7.13. The number of fused-ring (bicyclic) bond motifs is 1. The Hall–Kier alpha value is -4.19. The molecule has 282 valence electrons. The number of alkyl halides is 3. The second kappa shape index (κ2) is 15.7. The number of carbonyl (C=O) groups is 1. The number of benzene rings is 2. The van der Waals surface area contributed by atoms with Gasteiger partial charge in [0.2, 0.25) is 11.8 Å². The Bertz CT molecular complexity index is 1980. The van der Waals surface area contributed by atoms with Crippen molar-refractivity contribution in [1.82, 2.24) is 15.3 Å². The SMILES string of the molecule is COc1nc(-c2cccc(-c3cccc4c3CC[C@@H]4Cc3nc(OC)c(CC[C@@H](C)C(=O)O)cc3C(F)(F)F)c2Cl)ccc1CNCC1CC(C)(O)C1. The number of aromatic nitrogens is 2. The minimum Gasteiger partial charge on any atom is -0.481 e. The zero-order valence-corrected chi connectivity index (χ0v) is 31.1. The van der Waals surface area contributed by atoms with Crippen molar-refractivity contribution in [2.24, 2.45) is 11.8 Å². The van der Waals surface area contributed by atoms with Crippen molar-refractivity contribution >= 4 is 17.6 Å². The van der Waals surface area contributed by atoms with Gasteiger partial charge in [0.25, 0.3) is 0 Å². The molecule has 8 nitrogen and oxygen atoms in total. The van der Waals surface area contributed by atoms with Crippen molar-refractivity contribution < 1.29 is 37.7 Å². The molecule has 0 saturated heterocycles. The maximum absolute atomic E-state index is 14.4. The molecule has 2 heterocycles. The first-order valence-electron chi connectivity index (χ1n) is 17.9. The van der Waals surface area contributed by atoms with Crippen LogP contribution in [0.5, 0.6) is 11.8 Å². The van der Waals surface area contributed by atoms with Crippen LogP contribution >= 0.6 is 11.6 Å². The van der Waals surface area contributed by atoms with E-state index in [2.05, 4.69) is 10.3 Å².